The summed E-state index contributed by atoms with van der Waals surface area (Å²) < 4.78 is 2.45. The Hall–Kier alpha value is -5.99. The summed E-state index contributed by atoms with van der Waals surface area (Å²) in [6.07, 6.45) is 0. The van der Waals surface area contributed by atoms with Gasteiger partial charge in [0, 0.05) is 21.9 Å². The number of para-hydroxylation sites is 2. The molecule has 0 N–H and O–H groups in total. The van der Waals surface area contributed by atoms with E-state index in [1.165, 1.54) is 44.1 Å². The third-order valence-corrected chi connectivity index (χ3v) is 10.2. The zero-order valence-corrected chi connectivity index (χ0v) is 24.9. The van der Waals surface area contributed by atoms with Gasteiger partial charge < -0.3 is 4.57 Å². The summed E-state index contributed by atoms with van der Waals surface area (Å²) in [6, 6.07) is 58.1. The molecule has 2 nitrogen and oxygen atoms in total. The van der Waals surface area contributed by atoms with E-state index in [1.807, 2.05) is 30.3 Å². The van der Waals surface area contributed by atoms with Crippen LogP contribution in [0.2, 0.25) is 0 Å². The SMILES string of the molecule is O=C1c2ccccc2C2(c3ccc(-c4ccccc4)cc31)c1ccccc1-n1c3ccc(-c4ccccc4)cc3c3cccc2c31. The van der Waals surface area contributed by atoms with Crippen LogP contribution in [0, 0.1) is 0 Å². The molecule has 1 atom stereocenters. The molecule has 2 heteroatoms. The third kappa shape index (κ3) is 3.18. The topological polar surface area (TPSA) is 22.0 Å². The van der Waals surface area contributed by atoms with E-state index in [0.717, 1.165) is 39.1 Å². The molecule has 8 aromatic rings. The van der Waals surface area contributed by atoms with Crippen LogP contribution in [0.5, 0.6) is 0 Å². The Morgan fingerprint density at radius 1 is 0.413 bits per heavy atom. The number of fused-ring (bicyclic) bond motifs is 11. The van der Waals surface area contributed by atoms with Crippen LogP contribution in [0.15, 0.2) is 164 Å². The van der Waals surface area contributed by atoms with Gasteiger partial charge in [0.05, 0.1) is 22.1 Å². The van der Waals surface area contributed by atoms with Crippen LogP contribution in [0.25, 0.3) is 49.7 Å². The van der Waals surface area contributed by atoms with Crippen molar-refractivity contribution in [1.82, 2.24) is 4.57 Å². The van der Waals surface area contributed by atoms with Crippen molar-refractivity contribution in [2.24, 2.45) is 0 Å². The van der Waals surface area contributed by atoms with Gasteiger partial charge in [-0.1, -0.05) is 140 Å². The largest absolute Gasteiger partial charge is 0.309 e. The molecule has 0 saturated carbocycles. The Morgan fingerprint density at radius 2 is 1.02 bits per heavy atom. The molecule has 10 rings (SSSR count). The molecule has 7 aromatic carbocycles. The number of carbonyl (C=O) groups excluding carboxylic acids is 1. The molecule has 0 bridgehead atoms. The summed E-state index contributed by atoms with van der Waals surface area (Å²) in [7, 11) is 0. The molecule has 0 saturated heterocycles. The normalized spacial score (nSPS) is 16.0. The molecule has 2 heterocycles. The van der Waals surface area contributed by atoms with Gasteiger partial charge in [0.25, 0.3) is 0 Å². The van der Waals surface area contributed by atoms with Crippen molar-refractivity contribution in [2.45, 2.75) is 5.41 Å². The van der Waals surface area contributed by atoms with Crippen molar-refractivity contribution >= 4 is 27.6 Å². The number of nitrogens with zero attached hydrogens (tertiary/aromatic N) is 1. The summed E-state index contributed by atoms with van der Waals surface area (Å²) in [6.45, 7) is 0. The van der Waals surface area contributed by atoms with Gasteiger partial charge in [-0.05, 0) is 68.8 Å². The van der Waals surface area contributed by atoms with Gasteiger partial charge in [0.15, 0.2) is 5.78 Å². The molecule has 1 aromatic heterocycles. The minimum Gasteiger partial charge on any atom is -0.309 e. The molecule has 0 radical (unpaired) electrons. The van der Waals surface area contributed by atoms with Crippen LogP contribution in [0.1, 0.15) is 38.2 Å². The first kappa shape index (κ1) is 25.3. The Morgan fingerprint density at radius 3 is 1.80 bits per heavy atom. The maximum absolute atomic E-state index is 14.4. The van der Waals surface area contributed by atoms with Crippen LogP contribution in [-0.4, -0.2) is 10.4 Å². The molecule has 0 amide bonds. The number of benzene rings is 7. The predicted molar refractivity (Wildman–Crippen MR) is 187 cm³/mol. The van der Waals surface area contributed by atoms with E-state index in [2.05, 4.69) is 138 Å². The highest BCUT2D eigenvalue weighted by Gasteiger charge is 2.50. The monoisotopic (exact) mass is 585 g/mol. The minimum atomic E-state index is -0.669. The maximum atomic E-state index is 14.4. The van der Waals surface area contributed by atoms with Gasteiger partial charge in [-0.25, -0.2) is 0 Å². The average molecular weight is 586 g/mol. The third-order valence-electron chi connectivity index (χ3n) is 10.2. The van der Waals surface area contributed by atoms with Crippen LogP contribution in [-0.2, 0) is 5.41 Å². The lowest BCUT2D eigenvalue weighted by molar-refractivity contribution is 0.103. The quantitative estimate of drug-likeness (QED) is 0.198. The molecule has 1 aliphatic heterocycles. The lowest BCUT2D eigenvalue weighted by atomic mass is 9.58. The zero-order valence-electron chi connectivity index (χ0n) is 24.9. The van der Waals surface area contributed by atoms with Crippen molar-refractivity contribution in [3.05, 3.63) is 197 Å². The number of carbonyl (C=O) groups is 1. The van der Waals surface area contributed by atoms with Gasteiger partial charge in [0.1, 0.15) is 0 Å². The highest BCUT2D eigenvalue weighted by molar-refractivity contribution is 6.17. The summed E-state index contributed by atoms with van der Waals surface area (Å²) >= 11 is 0. The van der Waals surface area contributed by atoms with Crippen LogP contribution in [0.4, 0.5) is 0 Å². The number of hydrogen-bond acceptors (Lipinski definition) is 1. The Bertz CT molecular complexity index is 2540. The molecule has 46 heavy (non-hydrogen) atoms. The van der Waals surface area contributed by atoms with E-state index in [0.29, 0.717) is 0 Å². The first-order valence-corrected chi connectivity index (χ1v) is 15.8. The van der Waals surface area contributed by atoms with E-state index in [4.69, 9.17) is 0 Å². The van der Waals surface area contributed by atoms with Crippen molar-refractivity contribution in [2.75, 3.05) is 0 Å². The van der Waals surface area contributed by atoms with Gasteiger partial charge in [0.2, 0.25) is 0 Å². The molecule has 1 aliphatic carbocycles. The fourth-order valence-corrected chi connectivity index (χ4v) is 8.31. The second-order valence-electron chi connectivity index (χ2n) is 12.4. The summed E-state index contributed by atoms with van der Waals surface area (Å²) in [5, 5.41) is 2.45. The van der Waals surface area contributed by atoms with Gasteiger partial charge >= 0.3 is 0 Å². The Kier molecular flexibility index (Phi) is 5.10. The fraction of sp³-hybridized carbons (Fsp3) is 0.0227. The number of ketones is 1. The summed E-state index contributed by atoms with van der Waals surface area (Å²) in [5.41, 5.74) is 13.4. The van der Waals surface area contributed by atoms with E-state index in [-0.39, 0.29) is 5.78 Å². The minimum absolute atomic E-state index is 0.0808. The second-order valence-corrected chi connectivity index (χ2v) is 12.4. The molecule has 1 unspecified atom stereocenters. The van der Waals surface area contributed by atoms with Crippen molar-refractivity contribution in [1.29, 1.82) is 0 Å². The van der Waals surface area contributed by atoms with Crippen molar-refractivity contribution in [3.63, 3.8) is 0 Å². The zero-order chi connectivity index (χ0) is 30.4. The van der Waals surface area contributed by atoms with Gasteiger partial charge in [-0.2, -0.15) is 0 Å². The first-order chi connectivity index (χ1) is 22.7. The summed E-state index contributed by atoms with van der Waals surface area (Å²) in [5.74, 6) is 0.0808. The lowest BCUT2D eigenvalue weighted by Gasteiger charge is -2.45. The fourth-order valence-electron chi connectivity index (χ4n) is 8.31. The van der Waals surface area contributed by atoms with Crippen LogP contribution >= 0.6 is 0 Å². The van der Waals surface area contributed by atoms with E-state index in [1.54, 1.807) is 0 Å². The lowest BCUT2D eigenvalue weighted by Crippen LogP contribution is -2.40. The van der Waals surface area contributed by atoms with Crippen LogP contribution in [0.3, 0.4) is 0 Å². The van der Waals surface area contributed by atoms with Crippen molar-refractivity contribution in [3.8, 4) is 27.9 Å². The van der Waals surface area contributed by atoms with E-state index < -0.39 is 5.41 Å². The standard InChI is InChI=1S/C44H27NO/c46-43-33-16-7-8-18-36(33)44(37-24-22-30(27-35(37)43)28-12-3-1-4-13-28)38-19-9-10-21-41(38)45-40-25-23-31(29-14-5-2-6-15-29)26-34(40)32-17-11-20-39(44)42(32)45/h1-27H. The van der Waals surface area contributed by atoms with E-state index in [9.17, 15) is 4.79 Å². The number of rotatable bonds is 2. The molecular formula is C44H27NO. The summed E-state index contributed by atoms with van der Waals surface area (Å²) in [4.78, 5) is 14.4. The molecule has 0 fully saturated rings. The van der Waals surface area contributed by atoms with E-state index >= 15 is 0 Å². The van der Waals surface area contributed by atoms with Crippen LogP contribution < -0.4 is 0 Å². The smallest absolute Gasteiger partial charge is 0.193 e. The number of aromatic nitrogens is 1. The highest BCUT2D eigenvalue weighted by Crippen LogP contribution is 2.57. The molecule has 2 aliphatic rings. The van der Waals surface area contributed by atoms with Gasteiger partial charge in [-0.3, -0.25) is 4.79 Å². The highest BCUT2D eigenvalue weighted by atomic mass is 16.1. The molecule has 214 valence electrons. The Labute approximate surface area is 266 Å². The predicted octanol–water partition coefficient (Wildman–Crippen LogP) is 10.4. The van der Waals surface area contributed by atoms with Crippen molar-refractivity contribution < 1.29 is 4.79 Å². The second kappa shape index (κ2) is 9.26. The molecular weight excluding hydrogens is 558 g/mol. The first-order valence-electron chi connectivity index (χ1n) is 15.8. The Balaban J connectivity index is 1.36. The maximum Gasteiger partial charge on any atom is 0.193 e. The van der Waals surface area contributed by atoms with Gasteiger partial charge in [-0.15, -0.1) is 0 Å². The molecule has 1 spiro atoms. The number of hydrogen-bond donors (Lipinski definition) is 0. The average Bonchev–Trinajstić information content (AvgIpc) is 3.47.